The van der Waals surface area contributed by atoms with Gasteiger partial charge in [-0.2, -0.15) is 5.10 Å². The van der Waals surface area contributed by atoms with Crippen molar-refractivity contribution in [1.82, 2.24) is 9.78 Å². The molecular formula is C16H17N3O3. The Hall–Kier alpha value is -2.63. The molecule has 1 N–H and O–H groups in total. The van der Waals surface area contributed by atoms with Crippen molar-refractivity contribution in [2.45, 2.75) is 26.3 Å². The van der Waals surface area contributed by atoms with Crippen molar-refractivity contribution in [3.05, 3.63) is 47.3 Å². The summed E-state index contributed by atoms with van der Waals surface area (Å²) in [6.45, 7) is 2.44. The highest BCUT2D eigenvalue weighted by Gasteiger charge is 2.25. The molecule has 6 heteroatoms. The van der Waals surface area contributed by atoms with E-state index in [1.807, 2.05) is 19.1 Å². The molecule has 0 bridgehead atoms. The molecule has 6 nitrogen and oxygen atoms in total. The standard InChI is InChI=1S/C16H17N3O3/c1-11-4-5-14-12(9-11)3-2-7-19(14)16(22)13-6-8-18(17-13)10-15(20)21/h4-6,8-9H,2-3,7,10H2,1H3,(H,20,21). The molecular weight excluding hydrogens is 282 g/mol. The smallest absolute Gasteiger partial charge is 0.325 e. The molecule has 1 aromatic heterocycles. The van der Waals surface area contributed by atoms with E-state index in [0.717, 1.165) is 18.5 Å². The fourth-order valence-corrected chi connectivity index (χ4v) is 2.78. The SMILES string of the molecule is Cc1ccc2c(c1)CCCN2C(=O)c1ccn(CC(=O)O)n1. The van der Waals surface area contributed by atoms with Gasteiger partial charge in [-0.3, -0.25) is 14.3 Å². The molecule has 2 heterocycles. The molecule has 1 aliphatic rings. The van der Waals surface area contributed by atoms with Gasteiger partial charge in [0.05, 0.1) is 0 Å². The largest absolute Gasteiger partial charge is 0.480 e. The molecule has 0 unspecified atom stereocenters. The molecule has 22 heavy (non-hydrogen) atoms. The van der Waals surface area contributed by atoms with Crippen molar-refractivity contribution in [3.63, 3.8) is 0 Å². The molecule has 3 rings (SSSR count). The van der Waals surface area contributed by atoms with Crippen LogP contribution in [0.4, 0.5) is 5.69 Å². The number of amides is 1. The molecule has 0 fully saturated rings. The van der Waals surface area contributed by atoms with Crippen LogP contribution in [-0.2, 0) is 17.8 Å². The Labute approximate surface area is 128 Å². The maximum absolute atomic E-state index is 12.6. The number of carbonyl (C=O) groups excluding carboxylic acids is 1. The molecule has 0 radical (unpaired) electrons. The average molecular weight is 299 g/mol. The van der Waals surface area contributed by atoms with E-state index in [4.69, 9.17) is 5.11 Å². The predicted molar refractivity (Wildman–Crippen MR) is 81.0 cm³/mol. The van der Waals surface area contributed by atoms with Gasteiger partial charge >= 0.3 is 5.97 Å². The van der Waals surface area contributed by atoms with E-state index >= 15 is 0 Å². The number of rotatable bonds is 3. The summed E-state index contributed by atoms with van der Waals surface area (Å²) in [6, 6.07) is 7.63. The van der Waals surface area contributed by atoms with Gasteiger partial charge in [-0.1, -0.05) is 17.7 Å². The molecule has 1 aromatic carbocycles. The second-order valence-corrected chi connectivity index (χ2v) is 5.48. The van der Waals surface area contributed by atoms with E-state index in [1.165, 1.54) is 22.0 Å². The minimum absolute atomic E-state index is 0.186. The lowest BCUT2D eigenvalue weighted by atomic mass is 9.99. The van der Waals surface area contributed by atoms with Crippen LogP contribution in [0.25, 0.3) is 0 Å². The predicted octanol–water partition coefficient (Wildman–Crippen LogP) is 1.87. The maximum Gasteiger partial charge on any atom is 0.325 e. The third-order valence-corrected chi connectivity index (χ3v) is 3.76. The number of aliphatic carboxylic acids is 1. The molecule has 114 valence electrons. The fraction of sp³-hybridized carbons (Fsp3) is 0.312. The maximum atomic E-state index is 12.6. The van der Waals surface area contributed by atoms with Crippen LogP contribution in [-0.4, -0.2) is 33.3 Å². The van der Waals surface area contributed by atoms with Gasteiger partial charge < -0.3 is 10.0 Å². The summed E-state index contributed by atoms with van der Waals surface area (Å²) in [5.41, 5.74) is 3.55. The van der Waals surface area contributed by atoms with E-state index in [1.54, 1.807) is 11.0 Å². The lowest BCUT2D eigenvalue weighted by Gasteiger charge is -2.29. The first-order chi connectivity index (χ1) is 10.5. The zero-order valence-electron chi connectivity index (χ0n) is 12.3. The number of hydrogen-bond donors (Lipinski definition) is 1. The second-order valence-electron chi connectivity index (χ2n) is 5.48. The van der Waals surface area contributed by atoms with Crippen LogP contribution in [0.15, 0.2) is 30.5 Å². The molecule has 1 aliphatic heterocycles. The highest BCUT2D eigenvalue weighted by Crippen LogP contribution is 2.29. The van der Waals surface area contributed by atoms with Crippen LogP contribution in [0.5, 0.6) is 0 Å². The van der Waals surface area contributed by atoms with Gasteiger partial charge in [0.15, 0.2) is 5.69 Å². The number of nitrogens with zero attached hydrogens (tertiary/aromatic N) is 3. The van der Waals surface area contributed by atoms with Crippen molar-refractivity contribution in [3.8, 4) is 0 Å². The molecule has 1 amide bonds. The number of aryl methyl sites for hydroxylation is 2. The number of carboxylic acids is 1. The monoisotopic (exact) mass is 299 g/mol. The van der Waals surface area contributed by atoms with E-state index in [2.05, 4.69) is 11.2 Å². The normalized spacial score (nSPS) is 13.8. The first-order valence-corrected chi connectivity index (χ1v) is 7.21. The third-order valence-electron chi connectivity index (χ3n) is 3.76. The van der Waals surface area contributed by atoms with Crippen LogP contribution in [0.3, 0.4) is 0 Å². The molecule has 0 aliphatic carbocycles. The molecule has 0 spiro atoms. The Balaban J connectivity index is 1.87. The summed E-state index contributed by atoms with van der Waals surface area (Å²) >= 11 is 0. The summed E-state index contributed by atoms with van der Waals surface area (Å²) in [7, 11) is 0. The van der Waals surface area contributed by atoms with Crippen molar-refractivity contribution in [2.75, 3.05) is 11.4 Å². The summed E-state index contributed by atoms with van der Waals surface area (Å²) in [5.74, 6) is -1.17. The minimum atomic E-state index is -0.985. The van der Waals surface area contributed by atoms with Crippen molar-refractivity contribution < 1.29 is 14.7 Å². The molecule has 0 saturated heterocycles. The Morgan fingerprint density at radius 2 is 2.14 bits per heavy atom. The second kappa shape index (κ2) is 5.63. The Morgan fingerprint density at radius 3 is 2.91 bits per heavy atom. The quantitative estimate of drug-likeness (QED) is 0.938. The first-order valence-electron chi connectivity index (χ1n) is 7.21. The van der Waals surface area contributed by atoms with E-state index in [9.17, 15) is 9.59 Å². The van der Waals surface area contributed by atoms with Gasteiger partial charge in [0.25, 0.3) is 5.91 Å². The zero-order chi connectivity index (χ0) is 15.7. The number of carbonyl (C=O) groups is 2. The first kappa shape index (κ1) is 14.3. The Bertz CT molecular complexity index is 736. The third kappa shape index (κ3) is 2.72. The number of aromatic nitrogens is 2. The average Bonchev–Trinajstić information content (AvgIpc) is 2.93. The lowest BCUT2D eigenvalue weighted by molar-refractivity contribution is -0.137. The fourth-order valence-electron chi connectivity index (χ4n) is 2.78. The zero-order valence-corrected chi connectivity index (χ0v) is 12.3. The molecule has 0 saturated carbocycles. The van der Waals surface area contributed by atoms with E-state index in [-0.39, 0.29) is 18.1 Å². The molecule has 0 atom stereocenters. The number of fused-ring (bicyclic) bond motifs is 1. The van der Waals surface area contributed by atoms with Crippen LogP contribution in [0.2, 0.25) is 0 Å². The van der Waals surface area contributed by atoms with Gasteiger partial charge in [0.2, 0.25) is 0 Å². The summed E-state index contributed by atoms with van der Waals surface area (Å²) < 4.78 is 1.26. The highest BCUT2D eigenvalue weighted by molar-refractivity contribution is 6.05. The Kier molecular flexibility index (Phi) is 3.66. The van der Waals surface area contributed by atoms with Crippen molar-refractivity contribution in [2.24, 2.45) is 0 Å². The van der Waals surface area contributed by atoms with Crippen LogP contribution < -0.4 is 4.90 Å². The van der Waals surface area contributed by atoms with Crippen LogP contribution >= 0.6 is 0 Å². The summed E-state index contributed by atoms with van der Waals surface area (Å²) in [6.07, 6.45) is 3.40. The van der Waals surface area contributed by atoms with Gasteiger partial charge in [0.1, 0.15) is 6.54 Å². The van der Waals surface area contributed by atoms with Gasteiger partial charge in [-0.05, 0) is 37.5 Å². The van der Waals surface area contributed by atoms with Crippen molar-refractivity contribution >= 4 is 17.6 Å². The van der Waals surface area contributed by atoms with Crippen molar-refractivity contribution in [1.29, 1.82) is 0 Å². The number of benzene rings is 1. The summed E-state index contributed by atoms with van der Waals surface area (Å²) in [4.78, 5) is 25.1. The highest BCUT2D eigenvalue weighted by atomic mass is 16.4. The topological polar surface area (TPSA) is 75.4 Å². The lowest BCUT2D eigenvalue weighted by Crippen LogP contribution is -2.35. The Morgan fingerprint density at radius 1 is 1.32 bits per heavy atom. The minimum Gasteiger partial charge on any atom is -0.480 e. The molecule has 2 aromatic rings. The van der Waals surface area contributed by atoms with E-state index in [0.29, 0.717) is 6.54 Å². The van der Waals surface area contributed by atoms with E-state index < -0.39 is 5.97 Å². The van der Waals surface area contributed by atoms with Gasteiger partial charge in [-0.15, -0.1) is 0 Å². The number of hydrogen-bond acceptors (Lipinski definition) is 3. The van der Waals surface area contributed by atoms with Gasteiger partial charge in [-0.25, -0.2) is 0 Å². The van der Waals surface area contributed by atoms with Crippen LogP contribution in [0.1, 0.15) is 28.0 Å². The van der Waals surface area contributed by atoms with Gasteiger partial charge in [0, 0.05) is 18.4 Å². The van der Waals surface area contributed by atoms with Crippen LogP contribution in [0, 0.1) is 6.92 Å². The number of anilines is 1. The number of carboxylic acid groups (broad SMARTS) is 1. The summed E-state index contributed by atoms with van der Waals surface area (Å²) in [5, 5.41) is 12.8.